The van der Waals surface area contributed by atoms with E-state index in [-0.39, 0.29) is 12.0 Å². The SMILES string of the molecule is CCOC(=O)c1c(NC(=O)NCc2c(Br)sc3c2CCCC3)sc2c1CC(C)CC2C. The third-order valence-electron chi connectivity index (χ3n) is 6.16. The van der Waals surface area contributed by atoms with Crippen molar-refractivity contribution in [2.45, 2.75) is 71.8 Å². The van der Waals surface area contributed by atoms with Crippen molar-refractivity contribution in [3.63, 3.8) is 0 Å². The molecule has 2 aliphatic rings. The van der Waals surface area contributed by atoms with Gasteiger partial charge in [0.25, 0.3) is 0 Å². The molecule has 0 bridgehead atoms. The maximum atomic E-state index is 12.8. The third kappa shape index (κ3) is 4.71. The molecule has 0 fully saturated rings. The zero-order valence-corrected chi connectivity index (χ0v) is 21.4. The molecular formula is C23H29BrN2O3S2. The number of nitrogens with one attached hydrogen (secondary N) is 2. The van der Waals surface area contributed by atoms with Crippen molar-refractivity contribution in [1.82, 2.24) is 5.32 Å². The molecule has 4 rings (SSSR count). The lowest BCUT2D eigenvalue weighted by Gasteiger charge is -2.24. The quantitative estimate of drug-likeness (QED) is 0.431. The van der Waals surface area contributed by atoms with Crippen LogP contribution in [0.1, 0.15) is 82.8 Å². The summed E-state index contributed by atoms with van der Waals surface area (Å²) >= 11 is 6.99. The zero-order valence-electron chi connectivity index (χ0n) is 18.2. The molecule has 2 N–H and O–H groups in total. The predicted molar refractivity (Wildman–Crippen MR) is 131 cm³/mol. The van der Waals surface area contributed by atoms with E-state index in [9.17, 15) is 9.59 Å². The van der Waals surface area contributed by atoms with Gasteiger partial charge in [0.2, 0.25) is 0 Å². The fraction of sp³-hybridized carbons (Fsp3) is 0.565. The standard InChI is InChI=1S/C23H29BrN2O3S2/c1-4-29-22(27)18-15-10-12(2)9-13(3)19(15)31-21(18)26-23(28)25-11-16-14-7-5-6-8-17(14)30-20(16)24/h12-13H,4-11H2,1-3H3,(H2,25,26,28). The maximum Gasteiger partial charge on any atom is 0.341 e. The van der Waals surface area contributed by atoms with Crippen molar-refractivity contribution in [3.05, 3.63) is 35.8 Å². The number of amides is 2. The highest BCUT2D eigenvalue weighted by Crippen LogP contribution is 2.45. The van der Waals surface area contributed by atoms with Gasteiger partial charge >= 0.3 is 12.0 Å². The molecule has 168 valence electrons. The molecule has 0 aromatic carbocycles. The summed E-state index contributed by atoms with van der Waals surface area (Å²) in [5.74, 6) is 0.546. The molecular weight excluding hydrogens is 496 g/mol. The molecule has 0 radical (unpaired) electrons. The molecule has 0 spiro atoms. The van der Waals surface area contributed by atoms with Crippen LogP contribution in [0.2, 0.25) is 0 Å². The Balaban J connectivity index is 1.52. The number of fused-ring (bicyclic) bond motifs is 2. The van der Waals surface area contributed by atoms with Gasteiger partial charge in [0.1, 0.15) is 5.00 Å². The number of hydrogen-bond acceptors (Lipinski definition) is 5. The Morgan fingerprint density at radius 3 is 2.71 bits per heavy atom. The van der Waals surface area contributed by atoms with E-state index in [1.165, 1.54) is 45.1 Å². The summed E-state index contributed by atoms with van der Waals surface area (Å²) in [5.41, 5.74) is 4.18. The normalized spacial score (nSPS) is 20.0. The second-order valence-corrected chi connectivity index (χ2v) is 12.1. The largest absolute Gasteiger partial charge is 0.462 e. The van der Waals surface area contributed by atoms with Gasteiger partial charge in [-0.1, -0.05) is 13.8 Å². The molecule has 0 saturated heterocycles. The number of hydrogen-bond donors (Lipinski definition) is 2. The van der Waals surface area contributed by atoms with E-state index in [2.05, 4.69) is 40.4 Å². The van der Waals surface area contributed by atoms with Crippen molar-refractivity contribution >= 4 is 55.6 Å². The minimum Gasteiger partial charge on any atom is -0.462 e. The van der Waals surface area contributed by atoms with E-state index in [4.69, 9.17) is 4.74 Å². The number of halogens is 1. The molecule has 2 aromatic heterocycles. The van der Waals surface area contributed by atoms with Gasteiger partial charge < -0.3 is 10.1 Å². The molecule has 8 heteroatoms. The van der Waals surface area contributed by atoms with Gasteiger partial charge in [-0.2, -0.15) is 0 Å². The Morgan fingerprint density at radius 2 is 1.94 bits per heavy atom. The van der Waals surface area contributed by atoms with Crippen molar-refractivity contribution in [1.29, 1.82) is 0 Å². The third-order valence-corrected chi connectivity index (χ3v) is 9.62. The number of aryl methyl sites for hydroxylation is 1. The summed E-state index contributed by atoms with van der Waals surface area (Å²) in [6, 6.07) is -0.285. The van der Waals surface area contributed by atoms with Gasteiger partial charge in [-0.3, -0.25) is 5.32 Å². The first-order chi connectivity index (χ1) is 14.9. The van der Waals surface area contributed by atoms with Gasteiger partial charge in [-0.15, -0.1) is 22.7 Å². The van der Waals surface area contributed by atoms with Gasteiger partial charge in [0.05, 0.1) is 16.0 Å². The van der Waals surface area contributed by atoms with E-state index in [0.29, 0.717) is 35.6 Å². The highest BCUT2D eigenvalue weighted by molar-refractivity contribution is 9.11. The van der Waals surface area contributed by atoms with E-state index in [1.54, 1.807) is 18.3 Å². The Labute approximate surface area is 200 Å². The van der Waals surface area contributed by atoms with E-state index >= 15 is 0 Å². The second kappa shape index (κ2) is 9.63. The number of rotatable bonds is 5. The molecule has 2 atom stereocenters. The maximum absolute atomic E-state index is 12.8. The molecule has 0 aliphatic heterocycles. The minimum atomic E-state index is -0.341. The Hall–Kier alpha value is -1.38. The van der Waals surface area contributed by atoms with Crippen LogP contribution in [0.15, 0.2) is 3.79 Å². The lowest BCUT2D eigenvalue weighted by Crippen LogP contribution is -2.29. The summed E-state index contributed by atoms with van der Waals surface area (Å²) in [5, 5.41) is 6.57. The van der Waals surface area contributed by atoms with E-state index in [0.717, 1.165) is 35.0 Å². The number of ether oxygens (including phenoxy) is 1. The summed E-state index contributed by atoms with van der Waals surface area (Å²) in [6.45, 7) is 7.01. The van der Waals surface area contributed by atoms with E-state index in [1.807, 2.05) is 0 Å². The van der Waals surface area contributed by atoms with Crippen molar-refractivity contribution in [2.75, 3.05) is 11.9 Å². The van der Waals surface area contributed by atoms with Crippen LogP contribution in [0.25, 0.3) is 0 Å². The van der Waals surface area contributed by atoms with Crippen molar-refractivity contribution in [3.8, 4) is 0 Å². The monoisotopic (exact) mass is 524 g/mol. The van der Waals surface area contributed by atoms with Crippen LogP contribution in [-0.4, -0.2) is 18.6 Å². The molecule has 31 heavy (non-hydrogen) atoms. The van der Waals surface area contributed by atoms with Crippen LogP contribution < -0.4 is 10.6 Å². The van der Waals surface area contributed by atoms with E-state index < -0.39 is 0 Å². The smallest absolute Gasteiger partial charge is 0.341 e. The second-order valence-electron chi connectivity index (χ2n) is 8.59. The molecule has 2 unspecified atom stereocenters. The van der Waals surface area contributed by atoms with Gasteiger partial charge in [-0.25, -0.2) is 9.59 Å². The molecule has 0 saturated carbocycles. The number of urea groups is 1. The Morgan fingerprint density at radius 1 is 1.16 bits per heavy atom. The molecule has 2 heterocycles. The van der Waals surface area contributed by atoms with Crippen LogP contribution in [0.4, 0.5) is 9.80 Å². The van der Waals surface area contributed by atoms with Gasteiger partial charge in [0, 0.05) is 16.3 Å². The summed E-state index contributed by atoms with van der Waals surface area (Å²) in [7, 11) is 0. The highest BCUT2D eigenvalue weighted by Gasteiger charge is 2.32. The van der Waals surface area contributed by atoms with Crippen LogP contribution >= 0.6 is 38.6 Å². The number of anilines is 1. The Bertz CT molecular complexity index is 998. The minimum absolute atomic E-state index is 0.285. The van der Waals surface area contributed by atoms with Crippen molar-refractivity contribution in [2.24, 2.45) is 5.92 Å². The number of esters is 1. The zero-order chi connectivity index (χ0) is 22.1. The van der Waals surface area contributed by atoms with Crippen LogP contribution in [-0.2, 0) is 30.5 Å². The summed E-state index contributed by atoms with van der Waals surface area (Å²) in [6.07, 6.45) is 6.60. The Kier molecular flexibility index (Phi) is 7.08. The van der Waals surface area contributed by atoms with Crippen LogP contribution in [0, 0.1) is 5.92 Å². The fourth-order valence-corrected chi connectivity index (χ4v) is 8.20. The average Bonchev–Trinajstić information content (AvgIpc) is 3.23. The predicted octanol–water partition coefficient (Wildman–Crippen LogP) is 6.64. The molecule has 2 aromatic rings. The molecule has 5 nitrogen and oxygen atoms in total. The number of thiophene rings is 2. The highest BCUT2D eigenvalue weighted by atomic mass is 79.9. The van der Waals surface area contributed by atoms with Crippen LogP contribution in [0.3, 0.4) is 0 Å². The average molecular weight is 526 g/mol. The number of carbonyl (C=O) groups is 2. The molecule has 2 aliphatic carbocycles. The topological polar surface area (TPSA) is 67.4 Å². The number of carbonyl (C=O) groups excluding carboxylic acids is 2. The summed E-state index contributed by atoms with van der Waals surface area (Å²) < 4.78 is 6.45. The van der Waals surface area contributed by atoms with Gasteiger partial charge in [0.15, 0.2) is 0 Å². The molecule has 2 amide bonds. The first-order valence-electron chi connectivity index (χ1n) is 11.0. The lowest BCUT2D eigenvalue weighted by molar-refractivity contribution is 0.0526. The lowest BCUT2D eigenvalue weighted by atomic mass is 9.82. The van der Waals surface area contributed by atoms with Gasteiger partial charge in [-0.05, 0) is 89.9 Å². The van der Waals surface area contributed by atoms with Crippen molar-refractivity contribution < 1.29 is 14.3 Å². The summed E-state index contributed by atoms with van der Waals surface area (Å²) in [4.78, 5) is 28.2. The first kappa shape index (κ1) is 22.8. The first-order valence-corrected chi connectivity index (χ1v) is 13.5. The fourth-order valence-electron chi connectivity index (χ4n) is 4.82. The van der Waals surface area contributed by atoms with Crippen LogP contribution in [0.5, 0.6) is 0 Å².